The Balaban J connectivity index is 1.65. The van der Waals surface area contributed by atoms with Crippen molar-refractivity contribution in [1.29, 1.82) is 0 Å². The number of aromatic amines is 1. The summed E-state index contributed by atoms with van der Waals surface area (Å²) in [5.74, 6) is 0. The molecular weight excluding hydrogens is 290 g/mol. The van der Waals surface area contributed by atoms with E-state index in [0.29, 0.717) is 5.69 Å². The Morgan fingerprint density at radius 3 is 2.96 bits per heavy atom. The fraction of sp³-hybridized carbons (Fsp3) is 0.294. The number of pyridine rings is 1. The van der Waals surface area contributed by atoms with Crippen LogP contribution in [-0.4, -0.2) is 46.4 Å². The minimum atomic E-state index is 0.643. The van der Waals surface area contributed by atoms with E-state index in [1.54, 1.807) is 6.20 Å². The molecule has 0 saturated carbocycles. The van der Waals surface area contributed by atoms with Gasteiger partial charge in [0.25, 0.3) is 0 Å². The number of aromatic nitrogens is 3. The minimum absolute atomic E-state index is 0.643. The first-order valence-corrected chi connectivity index (χ1v) is 7.78. The zero-order chi connectivity index (χ0) is 15.6. The standard InChI is InChI=1S/C17H19N5O/c18-14-9-15-16(20-21-17(15)19-10-14)13-3-1-2-12(8-13)11-22-4-6-23-7-5-22/h1-3,8-10H,4-7,11,18H2,(H,19,20,21). The number of nitrogens with one attached hydrogen (secondary N) is 1. The molecule has 2 aromatic heterocycles. The quantitative estimate of drug-likeness (QED) is 0.774. The van der Waals surface area contributed by atoms with Crippen molar-refractivity contribution in [1.82, 2.24) is 20.1 Å². The zero-order valence-electron chi connectivity index (χ0n) is 12.8. The van der Waals surface area contributed by atoms with Crippen LogP contribution in [0.25, 0.3) is 22.3 Å². The van der Waals surface area contributed by atoms with Gasteiger partial charge in [-0.05, 0) is 17.7 Å². The topological polar surface area (TPSA) is 80.1 Å². The SMILES string of the molecule is Nc1cnc2[nH]nc(-c3cccc(CN4CCOCC4)c3)c2c1. The van der Waals surface area contributed by atoms with Gasteiger partial charge in [-0.3, -0.25) is 10.00 Å². The molecule has 118 valence electrons. The number of nitrogen functional groups attached to an aromatic ring is 1. The number of benzene rings is 1. The van der Waals surface area contributed by atoms with Crippen LogP contribution in [0.4, 0.5) is 5.69 Å². The molecule has 0 bridgehead atoms. The zero-order valence-corrected chi connectivity index (χ0v) is 12.8. The number of H-pyrrole nitrogens is 1. The van der Waals surface area contributed by atoms with E-state index < -0.39 is 0 Å². The summed E-state index contributed by atoms with van der Waals surface area (Å²) in [5, 5.41) is 8.34. The molecule has 1 aromatic carbocycles. The molecular formula is C17H19N5O. The van der Waals surface area contributed by atoms with Gasteiger partial charge in [-0.25, -0.2) is 4.98 Å². The Morgan fingerprint density at radius 1 is 1.22 bits per heavy atom. The maximum absolute atomic E-state index is 5.86. The Morgan fingerprint density at radius 2 is 2.09 bits per heavy atom. The van der Waals surface area contributed by atoms with Crippen molar-refractivity contribution in [3.63, 3.8) is 0 Å². The highest BCUT2D eigenvalue weighted by Crippen LogP contribution is 2.27. The number of nitrogens with zero attached hydrogens (tertiary/aromatic N) is 3. The van der Waals surface area contributed by atoms with E-state index >= 15 is 0 Å². The summed E-state index contributed by atoms with van der Waals surface area (Å²) in [4.78, 5) is 6.69. The summed E-state index contributed by atoms with van der Waals surface area (Å²) in [6.45, 7) is 4.52. The molecule has 1 aliphatic heterocycles. The van der Waals surface area contributed by atoms with Crippen molar-refractivity contribution in [2.45, 2.75) is 6.54 Å². The monoisotopic (exact) mass is 309 g/mol. The molecule has 0 amide bonds. The summed E-state index contributed by atoms with van der Waals surface area (Å²) in [7, 11) is 0. The minimum Gasteiger partial charge on any atom is -0.397 e. The number of morpholine rings is 1. The highest BCUT2D eigenvalue weighted by molar-refractivity contribution is 5.92. The highest BCUT2D eigenvalue weighted by atomic mass is 16.5. The number of hydrogen-bond donors (Lipinski definition) is 2. The van der Waals surface area contributed by atoms with Crippen LogP contribution in [0.2, 0.25) is 0 Å². The number of rotatable bonds is 3. The van der Waals surface area contributed by atoms with Crippen molar-refractivity contribution in [3.05, 3.63) is 42.1 Å². The molecule has 3 N–H and O–H groups in total. The van der Waals surface area contributed by atoms with E-state index in [9.17, 15) is 0 Å². The first-order chi connectivity index (χ1) is 11.3. The van der Waals surface area contributed by atoms with Gasteiger partial charge in [0.15, 0.2) is 5.65 Å². The van der Waals surface area contributed by atoms with Crippen molar-refractivity contribution in [2.24, 2.45) is 0 Å². The lowest BCUT2D eigenvalue weighted by atomic mass is 10.1. The van der Waals surface area contributed by atoms with Crippen LogP contribution >= 0.6 is 0 Å². The molecule has 0 aliphatic carbocycles. The fourth-order valence-electron chi connectivity index (χ4n) is 2.97. The Bertz CT molecular complexity index is 823. The summed E-state index contributed by atoms with van der Waals surface area (Å²) >= 11 is 0. The van der Waals surface area contributed by atoms with Gasteiger partial charge in [0.2, 0.25) is 0 Å². The number of anilines is 1. The maximum atomic E-state index is 5.86. The van der Waals surface area contributed by atoms with Crippen LogP contribution in [0, 0.1) is 0 Å². The van der Waals surface area contributed by atoms with Crippen LogP contribution in [0.1, 0.15) is 5.56 Å². The van der Waals surface area contributed by atoms with Crippen molar-refractivity contribution in [3.8, 4) is 11.3 Å². The molecule has 4 rings (SSSR count). The fourth-order valence-corrected chi connectivity index (χ4v) is 2.97. The third-order valence-corrected chi connectivity index (χ3v) is 4.15. The van der Waals surface area contributed by atoms with E-state index in [4.69, 9.17) is 10.5 Å². The second-order valence-corrected chi connectivity index (χ2v) is 5.83. The summed E-state index contributed by atoms with van der Waals surface area (Å²) in [6.07, 6.45) is 1.64. The summed E-state index contributed by atoms with van der Waals surface area (Å²) in [6, 6.07) is 10.4. The second kappa shape index (κ2) is 5.98. The lowest BCUT2D eigenvalue weighted by Gasteiger charge is -2.26. The molecule has 1 aliphatic rings. The van der Waals surface area contributed by atoms with Gasteiger partial charge >= 0.3 is 0 Å². The third-order valence-electron chi connectivity index (χ3n) is 4.15. The van der Waals surface area contributed by atoms with E-state index in [-0.39, 0.29) is 0 Å². The second-order valence-electron chi connectivity index (χ2n) is 5.83. The van der Waals surface area contributed by atoms with Crippen molar-refractivity contribution < 1.29 is 4.74 Å². The third kappa shape index (κ3) is 2.91. The van der Waals surface area contributed by atoms with Gasteiger partial charge in [0, 0.05) is 30.6 Å². The number of nitrogens with two attached hydrogens (primary N) is 1. The first kappa shape index (κ1) is 14.2. The first-order valence-electron chi connectivity index (χ1n) is 7.78. The van der Waals surface area contributed by atoms with Gasteiger partial charge in [0.1, 0.15) is 5.69 Å². The lowest BCUT2D eigenvalue weighted by molar-refractivity contribution is 0.0342. The average Bonchev–Trinajstić information content (AvgIpc) is 2.99. The smallest absolute Gasteiger partial charge is 0.155 e. The molecule has 3 aromatic rings. The Hall–Kier alpha value is -2.44. The maximum Gasteiger partial charge on any atom is 0.155 e. The van der Waals surface area contributed by atoms with Crippen LogP contribution in [0.3, 0.4) is 0 Å². The molecule has 1 fully saturated rings. The number of ether oxygens (including phenoxy) is 1. The molecule has 1 saturated heterocycles. The Kier molecular flexibility index (Phi) is 3.69. The van der Waals surface area contributed by atoms with Crippen LogP contribution in [0.15, 0.2) is 36.5 Å². The molecule has 0 radical (unpaired) electrons. The predicted octanol–water partition coefficient (Wildman–Crippen LogP) is 2.04. The van der Waals surface area contributed by atoms with E-state index in [0.717, 1.165) is 55.1 Å². The van der Waals surface area contributed by atoms with Gasteiger partial charge in [-0.2, -0.15) is 5.10 Å². The number of hydrogen-bond acceptors (Lipinski definition) is 5. The average molecular weight is 309 g/mol. The van der Waals surface area contributed by atoms with Crippen LogP contribution in [-0.2, 0) is 11.3 Å². The molecule has 0 unspecified atom stereocenters. The predicted molar refractivity (Wildman–Crippen MR) is 89.8 cm³/mol. The van der Waals surface area contributed by atoms with E-state index in [1.807, 2.05) is 6.07 Å². The van der Waals surface area contributed by atoms with Crippen LogP contribution in [0.5, 0.6) is 0 Å². The molecule has 6 nitrogen and oxygen atoms in total. The Labute approximate surface area is 134 Å². The van der Waals surface area contributed by atoms with Gasteiger partial charge in [-0.15, -0.1) is 0 Å². The van der Waals surface area contributed by atoms with Crippen molar-refractivity contribution in [2.75, 3.05) is 32.0 Å². The molecule has 3 heterocycles. The normalized spacial score (nSPS) is 16.0. The van der Waals surface area contributed by atoms with E-state index in [2.05, 4.69) is 44.3 Å². The van der Waals surface area contributed by atoms with Gasteiger partial charge < -0.3 is 10.5 Å². The molecule has 6 heteroatoms. The molecule has 0 spiro atoms. The van der Waals surface area contributed by atoms with Gasteiger partial charge in [-0.1, -0.05) is 18.2 Å². The highest BCUT2D eigenvalue weighted by Gasteiger charge is 2.13. The summed E-state index contributed by atoms with van der Waals surface area (Å²) < 4.78 is 5.40. The van der Waals surface area contributed by atoms with Crippen molar-refractivity contribution >= 4 is 16.7 Å². The largest absolute Gasteiger partial charge is 0.397 e. The van der Waals surface area contributed by atoms with Gasteiger partial charge in [0.05, 0.1) is 25.1 Å². The van der Waals surface area contributed by atoms with Crippen LogP contribution < -0.4 is 5.73 Å². The van der Waals surface area contributed by atoms with E-state index in [1.165, 1.54) is 5.56 Å². The molecule has 0 atom stereocenters. The summed E-state index contributed by atoms with van der Waals surface area (Å²) in [5.41, 5.74) is 10.5. The lowest BCUT2D eigenvalue weighted by Crippen LogP contribution is -2.35. The number of fused-ring (bicyclic) bond motifs is 1. The molecule has 23 heavy (non-hydrogen) atoms.